The molecule has 86 valence electrons. The average Bonchev–Trinajstić information content (AvgIpc) is 2.94. The van der Waals surface area contributed by atoms with Crippen molar-refractivity contribution < 1.29 is 0 Å². The van der Waals surface area contributed by atoms with Crippen LogP contribution < -0.4 is 16.2 Å². The first-order chi connectivity index (χ1) is 7.81. The summed E-state index contributed by atoms with van der Waals surface area (Å²) in [5, 5.41) is 0. The Hall–Kier alpha value is -1.36. The van der Waals surface area contributed by atoms with Gasteiger partial charge in [-0.1, -0.05) is 0 Å². The predicted octanol–water partition coefficient (Wildman–Crippen LogP) is 0.0859. The van der Waals surface area contributed by atoms with Gasteiger partial charge in [0.05, 0.1) is 0 Å². The number of fused-ring (bicyclic) bond motifs is 1. The molecule has 1 aliphatic heterocycles. The van der Waals surface area contributed by atoms with Gasteiger partial charge in [-0.05, 0) is 31.7 Å². The Kier molecular flexibility index (Phi) is 2.21. The Labute approximate surface area is 93.7 Å². The summed E-state index contributed by atoms with van der Waals surface area (Å²) in [6.07, 6.45) is 6.54. The van der Waals surface area contributed by atoms with Gasteiger partial charge in [-0.3, -0.25) is 4.79 Å². The molecule has 3 unspecified atom stereocenters. The summed E-state index contributed by atoms with van der Waals surface area (Å²) in [6, 6.07) is 0.942. The maximum absolute atomic E-state index is 11.7. The van der Waals surface area contributed by atoms with Crippen molar-refractivity contribution in [3.8, 4) is 0 Å². The minimum atomic E-state index is -0.0860. The van der Waals surface area contributed by atoms with Gasteiger partial charge in [0.15, 0.2) is 5.82 Å². The molecule has 2 aliphatic rings. The number of aromatic amines is 1. The summed E-state index contributed by atoms with van der Waals surface area (Å²) >= 11 is 0. The van der Waals surface area contributed by atoms with E-state index in [1.807, 2.05) is 0 Å². The van der Waals surface area contributed by atoms with E-state index in [0.717, 1.165) is 18.8 Å². The number of piperidine rings is 1. The molecule has 0 spiro atoms. The molecular formula is C11H16N4O. The van der Waals surface area contributed by atoms with Crippen LogP contribution in [-0.2, 0) is 0 Å². The molecular weight excluding hydrogens is 204 g/mol. The molecule has 1 saturated heterocycles. The zero-order chi connectivity index (χ0) is 11.1. The number of anilines is 1. The molecule has 3 rings (SSSR count). The van der Waals surface area contributed by atoms with E-state index in [2.05, 4.69) is 14.9 Å². The van der Waals surface area contributed by atoms with E-state index in [9.17, 15) is 4.79 Å². The van der Waals surface area contributed by atoms with E-state index in [4.69, 9.17) is 5.73 Å². The first kappa shape index (κ1) is 9.84. The number of aromatic nitrogens is 2. The fourth-order valence-electron chi connectivity index (χ4n) is 2.87. The Bertz CT molecular complexity index is 444. The molecule has 1 aromatic rings. The van der Waals surface area contributed by atoms with Crippen LogP contribution in [0.3, 0.4) is 0 Å². The van der Waals surface area contributed by atoms with Crippen LogP contribution in [-0.4, -0.2) is 28.6 Å². The van der Waals surface area contributed by atoms with Crippen LogP contribution in [0.15, 0.2) is 17.2 Å². The summed E-state index contributed by atoms with van der Waals surface area (Å²) in [6.45, 7) is 0.672. The van der Waals surface area contributed by atoms with Crippen LogP contribution in [0.4, 0.5) is 5.82 Å². The number of nitrogens with one attached hydrogen (secondary N) is 1. The number of rotatable bonds is 3. The first-order valence-corrected chi connectivity index (χ1v) is 5.83. The fourth-order valence-corrected chi connectivity index (χ4v) is 2.87. The average molecular weight is 220 g/mol. The quantitative estimate of drug-likeness (QED) is 0.756. The largest absolute Gasteiger partial charge is 0.346 e. The second kappa shape index (κ2) is 3.59. The molecule has 0 aromatic carbocycles. The minimum Gasteiger partial charge on any atom is -0.346 e. The van der Waals surface area contributed by atoms with Crippen molar-refractivity contribution in [2.75, 3.05) is 11.4 Å². The lowest BCUT2D eigenvalue weighted by atomic mass is 10.1. The van der Waals surface area contributed by atoms with Gasteiger partial charge in [-0.2, -0.15) is 0 Å². The van der Waals surface area contributed by atoms with E-state index < -0.39 is 0 Å². The van der Waals surface area contributed by atoms with E-state index in [-0.39, 0.29) is 5.56 Å². The van der Waals surface area contributed by atoms with Crippen molar-refractivity contribution in [3.05, 3.63) is 22.7 Å². The monoisotopic (exact) mass is 220 g/mol. The summed E-state index contributed by atoms with van der Waals surface area (Å²) in [7, 11) is 0. The van der Waals surface area contributed by atoms with Crippen molar-refractivity contribution in [3.63, 3.8) is 0 Å². The molecule has 16 heavy (non-hydrogen) atoms. The molecule has 3 N–H and O–H groups in total. The van der Waals surface area contributed by atoms with Crippen molar-refractivity contribution in [1.82, 2.24) is 9.97 Å². The van der Waals surface area contributed by atoms with E-state index in [1.165, 1.54) is 6.42 Å². The molecule has 1 aliphatic carbocycles. The van der Waals surface area contributed by atoms with Gasteiger partial charge >= 0.3 is 0 Å². The molecule has 0 radical (unpaired) electrons. The van der Waals surface area contributed by atoms with E-state index in [0.29, 0.717) is 24.4 Å². The van der Waals surface area contributed by atoms with Crippen molar-refractivity contribution in [2.45, 2.75) is 31.3 Å². The number of H-pyrrole nitrogens is 1. The molecule has 3 atom stereocenters. The molecule has 2 fully saturated rings. The highest BCUT2D eigenvalue weighted by molar-refractivity contribution is 5.44. The van der Waals surface area contributed by atoms with Crippen molar-refractivity contribution in [1.29, 1.82) is 0 Å². The second-order valence-corrected chi connectivity index (χ2v) is 4.68. The number of hydrogen-bond donors (Lipinski definition) is 2. The third-order valence-electron chi connectivity index (χ3n) is 3.64. The minimum absolute atomic E-state index is 0.0860. The van der Waals surface area contributed by atoms with Crippen LogP contribution in [0.1, 0.15) is 19.3 Å². The van der Waals surface area contributed by atoms with Crippen LogP contribution in [0.25, 0.3) is 0 Å². The molecule has 0 bridgehead atoms. The number of hydrogen-bond acceptors (Lipinski definition) is 4. The number of nitrogens with two attached hydrogens (primary N) is 1. The zero-order valence-corrected chi connectivity index (χ0v) is 9.10. The Balaban J connectivity index is 1.92. The highest BCUT2D eigenvalue weighted by Crippen LogP contribution is 2.49. The molecule has 0 amide bonds. The summed E-state index contributed by atoms with van der Waals surface area (Å²) in [5.74, 6) is 1.34. The highest BCUT2D eigenvalue weighted by Gasteiger charge is 2.52. The predicted molar refractivity (Wildman–Crippen MR) is 61.3 cm³/mol. The topological polar surface area (TPSA) is 75.0 Å². The van der Waals surface area contributed by atoms with Crippen molar-refractivity contribution in [2.24, 2.45) is 11.7 Å². The smallest absolute Gasteiger partial charge is 0.290 e. The van der Waals surface area contributed by atoms with Gasteiger partial charge < -0.3 is 15.6 Å². The van der Waals surface area contributed by atoms with Gasteiger partial charge in [-0.15, -0.1) is 0 Å². The lowest BCUT2D eigenvalue weighted by Gasteiger charge is -2.27. The van der Waals surface area contributed by atoms with Crippen molar-refractivity contribution >= 4 is 5.82 Å². The van der Waals surface area contributed by atoms with Crippen LogP contribution >= 0.6 is 0 Å². The lowest BCUT2D eigenvalue weighted by molar-refractivity contribution is 0.558. The van der Waals surface area contributed by atoms with Crippen LogP contribution in [0, 0.1) is 5.92 Å². The van der Waals surface area contributed by atoms with Gasteiger partial charge in [0, 0.05) is 24.5 Å². The second-order valence-electron chi connectivity index (χ2n) is 4.68. The van der Waals surface area contributed by atoms with E-state index >= 15 is 0 Å². The Morgan fingerprint density at radius 3 is 3.19 bits per heavy atom. The van der Waals surface area contributed by atoms with Crippen LogP contribution in [0.2, 0.25) is 0 Å². The third-order valence-corrected chi connectivity index (χ3v) is 3.64. The van der Waals surface area contributed by atoms with E-state index in [1.54, 1.807) is 12.4 Å². The Morgan fingerprint density at radius 2 is 2.44 bits per heavy atom. The SMILES string of the molecule is NCCC1CC2CC2N1c1ncc[nH]c1=O. The molecule has 1 saturated carbocycles. The van der Waals surface area contributed by atoms with Gasteiger partial charge in [-0.25, -0.2) is 4.98 Å². The van der Waals surface area contributed by atoms with Gasteiger partial charge in [0.2, 0.25) is 0 Å². The van der Waals surface area contributed by atoms with Gasteiger partial charge in [0.1, 0.15) is 0 Å². The Morgan fingerprint density at radius 1 is 1.56 bits per heavy atom. The molecule has 2 heterocycles. The third kappa shape index (κ3) is 1.43. The molecule has 1 aromatic heterocycles. The number of nitrogens with zero attached hydrogens (tertiary/aromatic N) is 2. The maximum atomic E-state index is 11.7. The standard InChI is InChI=1S/C11H16N4O/c12-2-1-8-5-7-6-9(7)15(8)10-11(16)14-4-3-13-10/h3-4,7-9H,1-2,5-6,12H2,(H,14,16). The molecule has 5 heteroatoms. The summed E-state index contributed by atoms with van der Waals surface area (Å²) in [4.78, 5) is 20.8. The van der Waals surface area contributed by atoms with Gasteiger partial charge in [0.25, 0.3) is 5.56 Å². The first-order valence-electron chi connectivity index (χ1n) is 5.83. The summed E-state index contributed by atoms with van der Waals surface area (Å²) in [5.41, 5.74) is 5.53. The summed E-state index contributed by atoms with van der Waals surface area (Å²) < 4.78 is 0. The van der Waals surface area contributed by atoms with Crippen LogP contribution in [0.5, 0.6) is 0 Å². The maximum Gasteiger partial charge on any atom is 0.290 e. The zero-order valence-electron chi connectivity index (χ0n) is 9.10. The molecule has 5 nitrogen and oxygen atoms in total. The highest BCUT2D eigenvalue weighted by atomic mass is 16.1. The lowest BCUT2D eigenvalue weighted by Crippen LogP contribution is -2.38. The fraction of sp³-hybridized carbons (Fsp3) is 0.636. The normalized spacial score (nSPS) is 31.6.